The highest BCUT2D eigenvalue weighted by molar-refractivity contribution is 6.07. The number of para-hydroxylation sites is 1. The molecule has 0 radical (unpaired) electrons. The molecule has 0 saturated carbocycles. The summed E-state index contributed by atoms with van der Waals surface area (Å²) in [5, 5.41) is 4.00. The average Bonchev–Trinajstić information content (AvgIpc) is 2.72. The maximum Gasteiger partial charge on any atom is 0.252 e. The fourth-order valence-electron chi connectivity index (χ4n) is 3.44. The summed E-state index contributed by atoms with van der Waals surface area (Å²) in [4.78, 5) is 17.7. The minimum Gasteiger partial charge on any atom is -0.352 e. The molecule has 0 fully saturated rings. The van der Waals surface area contributed by atoms with Crippen LogP contribution in [0.15, 0.2) is 54.6 Å². The minimum atomic E-state index is -0.0134. The van der Waals surface area contributed by atoms with Crippen LogP contribution in [0.1, 0.15) is 61.4 Å². The molecule has 1 amide bonds. The Bertz CT molecular complexity index is 915. The molecule has 28 heavy (non-hydrogen) atoms. The molecule has 0 aliphatic heterocycles. The van der Waals surface area contributed by atoms with Crippen LogP contribution in [0.5, 0.6) is 0 Å². The van der Waals surface area contributed by atoms with Gasteiger partial charge in [0.2, 0.25) is 0 Å². The van der Waals surface area contributed by atoms with E-state index in [9.17, 15) is 4.79 Å². The normalized spacial score (nSPS) is 10.9. The first kappa shape index (κ1) is 20.1. The van der Waals surface area contributed by atoms with E-state index < -0.39 is 0 Å². The summed E-state index contributed by atoms with van der Waals surface area (Å²) in [7, 11) is 0. The molecule has 0 aliphatic carbocycles. The van der Waals surface area contributed by atoms with Crippen LogP contribution < -0.4 is 5.32 Å². The number of rotatable bonds is 9. The summed E-state index contributed by atoms with van der Waals surface area (Å²) < 4.78 is 0. The number of carbonyl (C=O) groups excluding carboxylic acids is 1. The first-order chi connectivity index (χ1) is 13.7. The Hall–Kier alpha value is -2.68. The van der Waals surface area contributed by atoms with Crippen molar-refractivity contribution >= 4 is 16.8 Å². The Morgan fingerprint density at radius 2 is 1.64 bits per heavy atom. The second-order valence-electron chi connectivity index (χ2n) is 7.46. The summed E-state index contributed by atoms with van der Waals surface area (Å²) >= 11 is 0. The lowest BCUT2D eigenvalue weighted by Crippen LogP contribution is -2.24. The number of unbranched alkanes of at least 4 members (excludes halogenated alkanes) is 5. The number of pyridine rings is 1. The van der Waals surface area contributed by atoms with E-state index in [4.69, 9.17) is 4.98 Å². The number of aromatic nitrogens is 1. The van der Waals surface area contributed by atoms with Crippen molar-refractivity contribution in [3.05, 3.63) is 65.7 Å². The van der Waals surface area contributed by atoms with E-state index in [1.165, 1.54) is 37.7 Å². The molecule has 0 bridgehead atoms. The lowest BCUT2D eigenvalue weighted by atomic mass is 10.0. The number of nitrogens with one attached hydrogen (secondary N) is 1. The van der Waals surface area contributed by atoms with E-state index in [-0.39, 0.29) is 5.91 Å². The molecule has 1 heterocycles. The molecule has 0 aliphatic rings. The van der Waals surface area contributed by atoms with Crippen LogP contribution in [0.2, 0.25) is 0 Å². The quantitative estimate of drug-likeness (QED) is 0.447. The molecule has 3 aromatic rings. The second kappa shape index (κ2) is 10.0. The Morgan fingerprint density at radius 3 is 2.43 bits per heavy atom. The van der Waals surface area contributed by atoms with Crippen LogP contribution in [0.3, 0.4) is 0 Å². The van der Waals surface area contributed by atoms with E-state index in [0.717, 1.165) is 35.1 Å². The summed E-state index contributed by atoms with van der Waals surface area (Å²) in [6.45, 7) is 5.02. The summed E-state index contributed by atoms with van der Waals surface area (Å²) in [6.07, 6.45) is 7.31. The van der Waals surface area contributed by atoms with E-state index in [0.29, 0.717) is 5.56 Å². The molecule has 3 rings (SSSR count). The SMILES string of the molecule is CCCCCCCCNC(=O)c1cc(-c2ccc(C)cc2)nc2ccccc12. The van der Waals surface area contributed by atoms with Gasteiger partial charge in [-0.3, -0.25) is 4.79 Å². The number of fused-ring (bicyclic) bond motifs is 1. The predicted molar refractivity (Wildman–Crippen MR) is 118 cm³/mol. The lowest BCUT2D eigenvalue weighted by molar-refractivity contribution is 0.0954. The monoisotopic (exact) mass is 374 g/mol. The molecule has 3 nitrogen and oxygen atoms in total. The number of hydrogen-bond donors (Lipinski definition) is 1. The van der Waals surface area contributed by atoms with Crippen LogP contribution in [-0.4, -0.2) is 17.4 Å². The van der Waals surface area contributed by atoms with Crippen LogP contribution in [0.25, 0.3) is 22.2 Å². The van der Waals surface area contributed by atoms with Gasteiger partial charge in [-0.1, -0.05) is 87.1 Å². The molecule has 0 spiro atoms. The molecule has 1 N–H and O–H groups in total. The van der Waals surface area contributed by atoms with Crippen molar-refractivity contribution in [3.8, 4) is 11.3 Å². The Labute approximate surface area is 168 Å². The number of nitrogens with zero attached hydrogens (tertiary/aromatic N) is 1. The Balaban J connectivity index is 1.75. The number of aryl methyl sites for hydroxylation is 1. The summed E-state index contributed by atoms with van der Waals surface area (Å²) in [5.74, 6) is -0.0134. The zero-order valence-corrected chi connectivity index (χ0v) is 17.0. The molecular formula is C25H30N2O. The predicted octanol–water partition coefficient (Wildman–Crippen LogP) is 6.30. The van der Waals surface area contributed by atoms with Crippen molar-refractivity contribution in [2.75, 3.05) is 6.54 Å². The van der Waals surface area contributed by atoms with Crippen LogP contribution >= 0.6 is 0 Å². The zero-order valence-electron chi connectivity index (χ0n) is 17.0. The van der Waals surface area contributed by atoms with Crippen molar-refractivity contribution in [1.29, 1.82) is 0 Å². The van der Waals surface area contributed by atoms with Gasteiger partial charge in [0.25, 0.3) is 5.91 Å². The van der Waals surface area contributed by atoms with Gasteiger partial charge in [-0.05, 0) is 25.5 Å². The molecule has 3 heteroatoms. The number of carbonyl (C=O) groups is 1. The van der Waals surface area contributed by atoms with Crippen molar-refractivity contribution in [2.24, 2.45) is 0 Å². The average molecular weight is 375 g/mol. The third-order valence-electron chi connectivity index (χ3n) is 5.12. The zero-order chi connectivity index (χ0) is 19.8. The minimum absolute atomic E-state index is 0.0134. The van der Waals surface area contributed by atoms with Gasteiger partial charge >= 0.3 is 0 Å². The third-order valence-corrected chi connectivity index (χ3v) is 5.12. The molecule has 1 aromatic heterocycles. The fraction of sp³-hybridized carbons (Fsp3) is 0.360. The van der Waals surface area contributed by atoms with E-state index in [2.05, 4.69) is 43.4 Å². The highest BCUT2D eigenvalue weighted by Gasteiger charge is 2.13. The number of amides is 1. The van der Waals surface area contributed by atoms with Crippen molar-refractivity contribution < 1.29 is 4.79 Å². The van der Waals surface area contributed by atoms with Crippen molar-refractivity contribution in [1.82, 2.24) is 10.3 Å². The van der Waals surface area contributed by atoms with Crippen LogP contribution in [0, 0.1) is 6.92 Å². The number of benzene rings is 2. The Morgan fingerprint density at radius 1 is 0.929 bits per heavy atom. The lowest BCUT2D eigenvalue weighted by Gasteiger charge is -2.11. The van der Waals surface area contributed by atoms with Gasteiger partial charge in [-0.25, -0.2) is 4.98 Å². The second-order valence-corrected chi connectivity index (χ2v) is 7.46. The molecule has 2 aromatic carbocycles. The highest BCUT2D eigenvalue weighted by Crippen LogP contribution is 2.25. The van der Waals surface area contributed by atoms with E-state index in [1.54, 1.807) is 0 Å². The van der Waals surface area contributed by atoms with Gasteiger partial charge in [0.05, 0.1) is 16.8 Å². The van der Waals surface area contributed by atoms with Gasteiger partial charge < -0.3 is 5.32 Å². The first-order valence-electron chi connectivity index (χ1n) is 10.4. The van der Waals surface area contributed by atoms with Crippen LogP contribution in [0.4, 0.5) is 0 Å². The molecular weight excluding hydrogens is 344 g/mol. The van der Waals surface area contributed by atoms with Gasteiger partial charge in [-0.2, -0.15) is 0 Å². The van der Waals surface area contributed by atoms with E-state index in [1.807, 2.05) is 30.3 Å². The fourth-order valence-corrected chi connectivity index (χ4v) is 3.44. The van der Waals surface area contributed by atoms with Crippen molar-refractivity contribution in [3.63, 3.8) is 0 Å². The molecule has 0 unspecified atom stereocenters. The van der Waals surface area contributed by atoms with E-state index >= 15 is 0 Å². The summed E-state index contributed by atoms with van der Waals surface area (Å²) in [5.41, 5.74) is 4.63. The molecule has 0 atom stereocenters. The van der Waals surface area contributed by atoms with Gasteiger partial charge in [0.15, 0.2) is 0 Å². The maximum absolute atomic E-state index is 12.9. The third kappa shape index (κ3) is 5.19. The Kier molecular flexibility index (Phi) is 7.18. The molecule has 146 valence electrons. The van der Waals surface area contributed by atoms with Gasteiger partial charge in [0.1, 0.15) is 0 Å². The van der Waals surface area contributed by atoms with Crippen molar-refractivity contribution in [2.45, 2.75) is 52.4 Å². The largest absolute Gasteiger partial charge is 0.352 e. The molecule has 0 saturated heterocycles. The van der Waals surface area contributed by atoms with Gasteiger partial charge in [-0.15, -0.1) is 0 Å². The smallest absolute Gasteiger partial charge is 0.252 e. The van der Waals surface area contributed by atoms with Crippen LogP contribution in [-0.2, 0) is 0 Å². The topological polar surface area (TPSA) is 42.0 Å². The standard InChI is InChI=1S/C25H30N2O/c1-3-4-5-6-7-10-17-26-25(28)22-18-24(20-15-13-19(2)14-16-20)27-23-12-9-8-11-21(22)23/h8-9,11-16,18H,3-7,10,17H2,1-2H3,(H,26,28). The summed E-state index contributed by atoms with van der Waals surface area (Å²) in [6, 6.07) is 18.1. The first-order valence-corrected chi connectivity index (χ1v) is 10.4. The number of hydrogen-bond acceptors (Lipinski definition) is 2. The maximum atomic E-state index is 12.9. The highest BCUT2D eigenvalue weighted by atomic mass is 16.1. The van der Waals surface area contributed by atoms with Gasteiger partial charge in [0, 0.05) is 17.5 Å².